The molecular formula is C27H27NO6. The maximum atomic E-state index is 13.1. The zero-order valence-corrected chi connectivity index (χ0v) is 19.3. The third kappa shape index (κ3) is 2.83. The van der Waals surface area contributed by atoms with Crippen molar-refractivity contribution in [3.8, 4) is 11.5 Å². The molecule has 1 unspecified atom stereocenters. The number of amides is 1. The average molecular weight is 462 g/mol. The molecular weight excluding hydrogens is 434 g/mol. The van der Waals surface area contributed by atoms with Gasteiger partial charge in [0, 0.05) is 25.3 Å². The lowest BCUT2D eigenvalue weighted by atomic mass is 9.78. The van der Waals surface area contributed by atoms with E-state index in [9.17, 15) is 14.7 Å². The summed E-state index contributed by atoms with van der Waals surface area (Å²) in [6.07, 6.45) is 2.61. The minimum atomic E-state index is -1.24. The molecule has 1 amide bonds. The normalized spacial score (nSPS) is 30.4. The molecule has 2 aromatic carbocycles. The fourth-order valence-electron chi connectivity index (χ4n) is 5.97. The lowest BCUT2D eigenvalue weighted by Crippen LogP contribution is -2.38. The van der Waals surface area contributed by atoms with Gasteiger partial charge in [-0.3, -0.25) is 9.59 Å². The average Bonchev–Trinajstić information content (AvgIpc) is 3.64. The predicted molar refractivity (Wildman–Crippen MR) is 123 cm³/mol. The van der Waals surface area contributed by atoms with Crippen molar-refractivity contribution < 1.29 is 28.9 Å². The number of aryl methyl sites for hydroxylation is 1. The van der Waals surface area contributed by atoms with E-state index in [0.717, 1.165) is 29.5 Å². The molecule has 7 nitrogen and oxygen atoms in total. The van der Waals surface area contributed by atoms with Crippen molar-refractivity contribution >= 4 is 17.6 Å². The largest absolute Gasteiger partial charge is 0.485 e. The van der Waals surface area contributed by atoms with Gasteiger partial charge < -0.3 is 19.3 Å². The van der Waals surface area contributed by atoms with Crippen LogP contribution in [0.3, 0.4) is 0 Å². The number of ether oxygens (including phenoxy) is 3. The van der Waals surface area contributed by atoms with Gasteiger partial charge in [0.2, 0.25) is 0 Å². The van der Waals surface area contributed by atoms with Crippen LogP contribution in [-0.2, 0) is 26.3 Å². The first-order chi connectivity index (χ1) is 16.3. The second kappa shape index (κ2) is 7.15. The van der Waals surface area contributed by atoms with Crippen LogP contribution in [0.15, 0.2) is 47.5 Å². The summed E-state index contributed by atoms with van der Waals surface area (Å²) in [6.45, 7) is 3.67. The Morgan fingerprint density at radius 3 is 2.62 bits per heavy atom. The van der Waals surface area contributed by atoms with E-state index in [4.69, 9.17) is 14.2 Å². The monoisotopic (exact) mass is 461 g/mol. The molecule has 34 heavy (non-hydrogen) atoms. The van der Waals surface area contributed by atoms with Gasteiger partial charge in [-0.25, -0.2) is 4.99 Å². The molecule has 1 N–H and O–H groups in total. The predicted octanol–water partition coefficient (Wildman–Crippen LogP) is 3.56. The molecule has 3 saturated carbocycles. The Kier molecular flexibility index (Phi) is 4.49. The maximum absolute atomic E-state index is 13.1. The summed E-state index contributed by atoms with van der Waals surface area (Å²) in [6, 6.07) is 13.8. The molecule has 4 aliphatic rings. The van der Waals surface area contributed by atoms with Crippen molar-refractivity contribution in [2.45, 2.75) is 75.3 Å². The summed E-state index contributed by atoms with van der Waals surface area (Å²) >= 11 is 0. The third-order valence-electron chi connectivity index (χ3n) is 7.71. The molecule has 1 heterocycles. The molecule has 3 fully saturated rings. The van der Waals surface area contributed by atoms with Gasteiger partial charge in [-0.15, -0.1) is 0 Å². The third-order valence-corrected chi connectivity index (χ3v) is 7.71. The van der Waals surface area contributed by atoms with Gasteiger partial charge in [-0.1, -0.05) is 36.4 Å². The van der Waals surface area contributed by atoms with Crippen LogP contribution >= 0.6 is 0 Å². The first kappa shape index (κ1) is 21.4. The smallest absolute Gasteiger partial charge is 0.303 e. The van der Waals surface area contributed by atoms with E-state index in [-0.39, 0.29) is 6.10 Å². The number of benzene rings is 2. The zero-order chi connectivity index (χ0) is 23.7. The number of hydrogen-bond donors (Lipinski definition) is 1. The van der Waals surface area contributed by atoms with Crippen LogP contribution in [0.5, 0.6) is 11.5 Å². The Balaban J connectivity index is 1.39. The molecule has 0 bridgehead atoms. The van der Waals surface area contributed by atoms with Crippen LogP contribution in [0.4, 0.5) is 0 Å². The highest BCUT2D eigenvalue weighted by atomic mass is 16.6. The van der Waals surface area contributed by atoms with Gasteiger partial charge in [0.05, 0.1) is 5.71 Å². The zero-order valence-electron chi connectivity index (χ0n) is 19.3. The molecule has 7 heteroatoms. The SMILES string of the molecule is CC(=O)OC1(C(=O)N=C2C3(O)CCC[C@@H]4Oc5c(OCc6ccccc6)ccc(C)c5[C@@]243)CC1. The number of hydrogen-bond acceptors (Lipinski definition) is 6. The summed E-state index contributed by atoms with van der Waals surface area (Å²) in [5.41, 5.74) is 0.0163. The van der Waals surface area contributed by atoms with E-state index in [1.54, 1.807) is 0 Å². The summed E-state index contributed by atoms with van der Waals surface area (Å²) in [4.78, 5) is 29.0. The minimum Gasteiger partial charge on any atom is -0.485 e. The number of aliphatic imine (C=N–C) groups is 1. The molecule has 0 radical (unpaired) electrons. The van der Waals surface area contributed by atoms with Crippen LogP contribution < -0.4 is 9.47 Å². The van der Waals surface area contributed by atoms with Crippen molar-refractivity contribution in [2.24, 2.45) is 4.99 Å². The van der Waals surface area contributed by atoms with Crippen LogP contribution in [0.1, 0.15) is 55.7 Å². The Hall–Kier alpha value is -3.19. The minimum absolute atomic E-state index is 0.322. The second-order valence-corrected chi connectivity index (χ2v) is 9.88. The topological polar surface area (TPSA) is 94.4 Å². The first-order valence-corrected chi connectivity index (χ1v) is 11.9. The number of esters is 1. The Morgan fingerprint density at radius 1 is 1.15 bits per heavy atom. The van der Waals surface area contributed by atoms with Gasteiger partial charge in [-0.05, 0) is 43.4 Å². The second-order valence-electron chi connectivity index (χ2n) is 9.88. The van der Waals surface area contributed by atoms with Crippen molar-refractivity contribution in [3.05, 3.63) is 59.2 Å². The van der Waals surface area contributed by atoms with Gasteiger partial charge in [-0.2, -0.15) is 0 Å². The van der Waals surface area contributed by atoms with Gasteiger partial charge in [0.25, 0.3) is 5.91 Å². The molecule has 176 valence electrons. The molecule has 3 atom stereocenters. The van der Waals surface area contributed by atoms with Gasteiger partial charge >= 0.3 is 5.97 Å². The maximum Gasteiger partial charge on any atom is 0.303 e. The summed E-state index contributed by atoms with van der Waals surface area (Å²) in [7, 11) is 0. The molecule has 1 spiro atoms. The Morgan fingerprint density at radius 2 is 1.91 bits per heavy atom. The van der Waals surface area contributed by atoms with E-state index in [1.807, 2.05) is 49.4 Å². The summed E-state index contributed by atoms with van der Waals surface area (Å²) in [5.74, 6) is 0.252. The first-order valence-electron chi connectivity index (χ1n) is 11.9. The van der Waals surface area contributed by atoms with E-state index in [0.29, 0.717) is 43.1 Å². The van der Waals surface area contributed by atoms with E-state index in [2.05, 4.69) is 4.99 Å². The van der Waals surface area contributed by atoms with E-state index in [1.165, 1.54) is 6.92 Å². The van der Waals surface area contributed by atoms with Gasteiger partial charge in [0.1, 0.15) is 23.7 Å². The van der Waals surface area contributed by atoms with Crippen molar-refractivity contribution in [1.82, 2.24) is 0 Å². The quantitative estimate of drug-likeness (QED) is 0.685. The van der Waals surface area contributed by atoms with Crippen molar-refractivity contribution in [1.29, 1.82) is 0 Å². The van der Waals surface area contributed by atoms with Crippen LogP contribution in [0.2, 0.25) is 0 Å². The molecule has 0 saturated heterocycles. The number of rotatable bonds is 5. The molecule has 2 aromatic rings. The highest BCUT2D eigenvalue weighted by molar-refractivity contribution is 6.25. The number of fused-ring (bicyclic) bond motifs is 1. The number of nitrogens with zero attached hydrogens (tertiary/aromatic N) is 1. The number of aliphatic hydroxyl groups is 1. The number of carbonyl (C=O) groups is 2. The fraction of sp³-hybridized carbons (Fsp3) is 0.444. The lowest BCUT2D eigenvalue weighted by Gasteiger charge is -2.27. The number of carbonyl (C=O) groups excluding carboxylic acids is 2. The molecule has 1 aliphatic heterocycles. The Bertz CT molecular complexity index is 1230. The van der Waals surface area contributed by atoms with Crippen molar-refractivity contribution in [2.75, 3.05) is 0 Å². The van der Waals surface area contributed by atoms with E-state index < -0.39 is 28.5 Å². The van der Waals surface area contributed by atoms with Gasteiger partial charge in [0.15, 0.2) is 17.1 Å². The highest BCUT2D eigenvalue weighted by Crippen LogP contribution is 2.70. The van der Waals surface area contributed by atoms with Crippen LogP contribution in [0, 0.1) is 6.92 Å². The Labute approximate surface area is 197 Å². The fourth-order valence-corrected chi connectivity index (χ4v) is 5.97. The molecule has 0 aromatic heterocycles. The van der Waals surface area contributed by atoms with Crippen LogP contribution in [-0.4, -0.2) is 40.0 Å². The lowest BCUT2D eigenvalue weighted by molar-refractivity contribution is -0.155. The summed E-state index contributed by atoms with van der Waals surface area (Å²) in [5, 5.41) is 11.7. The van der Waals surface area contributed by atoms with Crippen LogP contribution in [0.25, 0.3) is 0 Å². The van der Waals surface area contributed by atoms with Crippen molar-refractivity contribution in [3.63, 3.8) is 0 Å². The molecule has 3 aliphatic carbocycles. The summed E-state index contributed by atoms with van der Waals surface area (Å²) < 4.78 is 17.9. The highest BCUT2D eigenvalue weighted by Gasteiger charge is 2.83. The van der Waals surface area contributed by atoms with E-state index >= 15 is 0 Å². The standard InChI is InChI=1S/C27H27NO6/c1-16-10-11-19(32-15-18-7-4-3-5-8-18)22-21(16)27-20(33-22)9-6-12-26(27,31)23(27)28-24(30)25(13-14-25)34-17(2)29/h3-5,7-8,10-11,20,31H,6,9,12-15H2,1-2H3/t20-,26?,27+/m0/s1. The molecule has 6 rings (SSSR count).